The van der Waals surface area contributed by atoms with Crippen LogP contribution in [0.1, 0.15) is 67.8 Å². The second-order valence-corrected chi connectivity index (χ2v) is 20.4. The normalized spacial score (nSPS) is 16.1. The highest BCUT2D eigenvalue weighted by molar-refractivity contribution is 9.10. The van der Waals surface area contributed by atoms with Crippen LogP contribution in [-0.4, -0.2) is 86.0 Å². The van der Waals surface area contributed by atoms with Gasteiger partial charge in [0.25, 0.3) is 0 Å². The van der Waals surface area contributed by atoms with E-state index in [2.05, 4.69) is 78.4 Å². The number of pyridine rings is 1. The molecule has 5 N–H and O–H groups in total. The zero-order valence-corrected chi connectivity index (χ0v) is 38.8. The number of benzene rings is 3. The van der Waals surface area contributed by atoms with Gasteiger partial charge in [-0.25, -0.2) is 13.8 Å². The Morgan fingerprint density at radius 3 is 2.37 bits per heavy atom. The number of anilines is 5. The number of methoxy groups -OCH3 is 1. The molecular weight excluding hydrogens is 891 g/mol. The van der Waals surface area contributed by atoms with Gasteiger partial charge in [-0.15, -0.1) is 0 Å². The van der Waals surface area contributed by atoms with E-state index in [1.807, 2.05) is 24.3 Å². The topological polar surface area (TPSA) is 162 Å². The number of hydrogen-bond acceptors (Lipinski definition) is 12. The number of carbonyl (C=O) groups excluding carboxylic acids is 2. The Bertz CT molecular complexity index is 2530. The predicted molar refractivity (Wildman–Crippen MR) is 250 cm³/mol. The third kappa shape index (κ3) is 10.9. The summed E-state index contributed by atoms with van der Waals surface area (Å²) < 4.78 is 50.1. The van der Waals surface area contributed by atoms with Crippen molar-refractivity contribution >= 4 is 79.9 Å². The van der Waals surface area contributed by atoms with Crippen LogP contribution in [0, 0.1) is 11.6 Å². The van der Waals surface area contributed by atoms with Crippen LogP contribution in [0.25, 0.3) is 10.9 Å². The van der Waals surface area contributed by atoms with Gasteiger partial charge >= 0.3 is 0 Å². The minimum absolute atomic E-state index is 0.0565. The number of halogens is 3. The van der Waals surface area contributed by atoms with Gasteiger partial charge in [-0.2, -0.15) is 4.98 Å². The number of aromatic nitrogens is 3. The molecule has 7 rings (SSSR count). The van der Waals surface area contributed by atoms with Gasteiger partial charge in [0.05, 0.1) is 34.4 Å². The first-order chi connectivity index (χ1) is 30.3. The van der Waals surface area contributed by atoms with E-state index >= 15 is 0 Å². The summed E-state index contributed by atoms with van der Waals surface area (Å²) >= 11 is 3.60. The zero-order valence-electron chi connectivity index (χ0n) is 36.3. The van der Waals surface area contributed by atoms with Crippen molar-refractivity contribution in [2.75, 3.05) is 68.7 Å². The number of rotatable bonds is 17. The van der Waals surface area contributed by atoms with Gasteiger partial charge in [-0.1, -0.05) is 19.9 Å². The first kappa shape index (κ1) is 46.0. The van der Waals surface area contributed by atoms with Crippen LogP contribution in [0.15, 0.2) is 59.2 Å². The van der Waals surface area contributed by atoms with Crippen molar-refractivity contribution in [2.24, 2.45) is 0 Å². The van der Waals surface area contributed by atoms with E-state index in [0.717, 1.165) is 84.2 Å². The Morgan fingerprint density at radius 2 is 1.68 bits per heavy atom. The third-order valence-electron chi connectivity index (χ3n) is 11.7. The molecule has 2 amide bonds. The van der Waals surface area contributed by atoms with E-state index in [9.17, 15) is 22.9 Å². The molecule has 0 aliphatic carbocycles. The number of hydrogen-bond donors (Lipinski definition) is 5. The lowest BCUT2D eigenvalue weighted by molar-refractivity contribution is -0.134. The van der Waals surface area contributed by atoms with Crippen LogP contribution >= 0.6 is 23.1 Å². The van der Waals surface area contributed by atoms with Gasteiger partial charge in [-0.05, 0) is 122 Å². The van der Waals surface area contributed by atoms with Crippen molar-refractivity contribution in [3.05, 3.63) is 93.2 Å². The summed E-state index contributed by atoms with van der Waals surface area (Å²) in [5.74, 6) is -2.06. The Kier molecular flexibility index (Phi) is 14.8. The van der Waals surface area contributed by atoms with Gasteiger partial charge in [0.15, 0.2) is 0 Å². The molecule has 2 aliphatic rings. The molecule has 5 aromatic rings. The first-order valence-corrected chi connectivity index (χ1v) is 24.9. The zero-order chi connectivity index (χ0) is 44.8. The molecule has 17 heteroatoms. The van der Waals surface area contributed by atoms with Gasteiger partial charge in [-0.3, -0.25) is 19.9 Å². The van der Waals surface area contributed by atoms with Crippen LogP contribution in [0.2, 0.25) is 0 Å². The third-order valence-corrected chi connectivity index (χ3v) is 13.9. The maximum absolute atomic E-state index is 14.9. The lowest BCUT2D eigenvalue weighted by atomic mass is 9.89. The van der Waals surface area contributed by atoms with E-state index in [0.29, 0.717) is 58.8 Å². The summed E-state index contributed by atoms with van der Waals surface area (Å²) in [7, 11) is -1.09. The molecule has 0 saturated carbocycles. The molecule has 334 valence electrons. The number of ether oxygens (including phenoxy) is 1. The van der Waals surface area contributed by atoms with Crippen LogP contribution in [0.4, 0.5) is 37.6 Å². The fraction of sp³-hybridized carbons (Fsp3) is 0.413. The summed E-state index contributed by atoms with van der Waals surface area (Å²) in [6.07, 6.45) is 5.81. The van der Waals surface area contributed by atoms with E-state index < -0.39 is 36.5 Å². The molecular formula is C46H55BrF2N9O4P. The van der Waals surface area contributed by atoms with Crippen LogP contribution < -0.4 is 41.5 Å². The SMILES string of the molecule is CCc1ccc2c(P(C)(C)=O)c(Nc3nc(Nc4cc(CC)c(N5CCC(NCCNCCc6cc(F)c(C7CCC(=O)NC7=O)c(F)c6)CC5)cc4OC)ncc3Br)ccc2n1. The van der Waals surface area contributed by atoms with E-state index in [-0.39, 0.29) is 18.4 Å². The molecule has 1 atom stereocenters. The van der Waals surface area contributed by atoms with Crippen molar-refractivity contribution in [1.29, 1.82) is 0 Å². The van der Waals surface area contributed by atoms with E-state index in [1.165, 1.54) is 12.1 Å². The molecule has 2 aliphatic heterocycles. The number of nitrogens with one attached hydrogen (secondary N) is 5. The molecule has 2 aromatic heterocycles. The number of aryl methyl sites for hydroxylation is 2. The van der Waals surface area contributed by atoms with Crippen molar-refractivity contribution in [2.45, 2.75) is 70.8 Å². The van der Waals surface area contributed by atoms with E-state index in [1.54, 1.807) is 26.6 Å². The summed E-state index contributed by atoms with van der Waals surface area (Å²) in [6, 6.07) is 14.9. The van der Waals surface area contributed by atoms with Crippen molar-refractivity contribution in [3.8, 4) is 5.75 Å². The molecule has 2 fully saturated rings. The van der Waals surface area contributed by atoms with Gasteiger partial charge in [0, 0.05) is 78.5 Å². The molecule has 0 spiro atoms. The predicted octanol–water partition coefficient (Wildman–Crippen LogP) is 7.85. The molecule has 0 bridgehead atoms. The van der Waals surface area contributed by atoms with Crippen molar-refractivity contribution < 1.29 is 27.7 Å². The minimum Gasteiger partial charge on any atom is -0.494 e. The highest BCUT2D eigenvalue weighted by Crippen LogP contribution is 2.42. The average Bonchev–Trinajstić information content (AvgIpc) is 3.25. The first-order valence-electron chi connectivity index (χ1n) is 21.5. The van der Waals surface area contributed by atoms with Gasteiger partial charge in [0.2, 0.25) is 17.8 Å². The second-order valence-electron chi connectivity index (χ2n) is 16.4. The number of nitrogens with zero attached hydrogens (tertiary/aromatic N) is 4. The summed E-state index contributed by atoms with van der Waals surface area (Å²) in [4.78, 5) is 40.2. The van der Waals surface area contributed by atoms with E-state index in [4.69, 9.17) is 14.7 Å². The molecule has 0 radical (unpaired) electrons. The summed E-state index contributed by atoms with van der Waals surface area (Å²) in [5, 5.41) is 17.5. The minimum atomic E-state index is -2.75. The van der Waals surface area contributed by atoms with Crippen LogP contribution in [0.5, 0.6) is 5.75 Å². The Balaban J connectivity index is 0.925. The smallest absolute Gasteiger partial charge is 0.234 e. The molecule has 63 heavy (non-hydrogen) atoms. The molecule has 1 unspecified atom stereocenters. The highest BCUT2D eigenvalue weighted by Gasteiger charge is 2.32. The Labute approximate surface area is 375 Å². The van der Waals surface area contributed by atoms with Crippen molar-refractivity contribution in [1.82, 2.24) is 30.9 Å². The van der Waals surface area contributed by atoms with Gasteiger partial charge in [0.1, 0.15) is 30.3 Å². The lowest BCUT2D eigenvalue weighted by Crippen LogP contribution is -2.44. The fourth-order valence-corrected chi connectivity index (χ4v) is 10.2. The number of piperidine rings is 2. The Hall–Kier alpha value is -5.02. The number of imide groups is 1. The molecule has 13 nitrogen and oxygen atoms in total. The fourth-order valence-electron chi connectivity index (χ4n) is 8.46. The molecule has 3 aromatic carbocycles. The Morgan fingerprint density at radius 1 is 0.921 bits per heavy atom. The maximum Gasteiger partial charge on any atom is 0.234 e. The molecule has 2 saturated heterocycles. The summed E-state index contributed by atoms with van der Waals surface area (Å²) in [5.41, 5.74) is 5.75. The maximum atomic E-state index is 14.9. The van der Waals surface area contributed by atoms with Crippen LogP contribution in [-0.2, 0) is 33.4 Å². The monoisotopic (exact) mass is 945 g/mol. The highest BCUT2D eigenvalue weighted by atomic mass is 79.9. The largest absolute Gasteiger partial charge is 0.494 e. The van der Waals surface area contributed by atoms with Crippen molar-refractivity contribution in [3.63, 3.8) is 0 Å². The summed E-state index contributed by atoms with van der Waals surface area (Å²) in [6.45, 7) is 11.5. The lowest BCUT2D eigenvalue weighted by Gasteiger charge is -2.35. The van der Waals surface area contributed by atoms with Crippen LogP contribution in [0.3, 0.4) is 0 Å². The quantitative estimate of drug-likeness (QED) is 0.0350. The number of carbonyl (C=O) groups is 2. The standard InChI is InChI=1S/C46H55BrF2N9O4P/c1-6-28-24-38(55-46-52-26-33(47)44(57-46)54-37-12-11-36-31(43(37)63(4,5)61)9-8-29(7-2)53-36)40(62-3)25-39(28)58-20-15-30(16-21-58)51-19-18-50-17-14-27-22-34(48)42(35(49)23-27)32-10-13-41(59)56-45(32)60/h8-9,11-12,22-26,30,32,50-51H,6-7,10,13-21H2,1-5H3,(H,56,59,60)(H2,52,54,55,57). The van der Waals surface area contributed by atoms with Gasteiger partial charge < -0.3 is 35.5 Å². The number of amides is 2. The average molecular weight is 947 g/mol. The number of fused-ring (bicyclic) bond motifs is 1. The second kappa shape index (κ2) is 20.2. The molecule has 4 heterocycles.